The quantitative estimate of drug-likeness (QED) is 0.787. The van der Waals surface area contributed by atoms with E-state index in [-0.39, 0.29) is 12.1 Å². The molecule has 4 N–H and O–H groups in total. The molecule has 22 heavy (non-hydrogen) atoms. The Morgan fingerprint density at radius 3 is 2.68 bits per heavy atom. The van der Waals surface area contributed by atoms with Gasteiger partial charge in [0.05, 0.1) is 0 Å². The van der Waals surface area contributed by atoms with Crippen LogP contribution in [0, 0.1) is 29.1 Å². The number of nitrogens with two attached hydrogens (primary N) is 2. The normalized spacial score (nSPS) is 44.2. The molecule has 3 rings (SSSR count). The highest BCUT2D eigenvalue weighted by Gasteiger charge is 2.50. The number of unbranched alkanes of at least 4 members (excludes halogenated alkanes) is 1. The molecule has 2 nitrogen and oxygen atoms in total. The highest BCUT2D eigenvalue weighted by molar-refractivity contribution is 5.01. The van der Waals surface area contributed by atoms with Gasteiger partial charge in [0.2, 0.25) is 0 Å². The predicted molar refractivity (Wildman–Crippen MR) is 94.5 cm³/mol. The summed E-state index contributed by atoms with van der Waals surface area (Å²) in [6, 6.07) is 0.464. The van der Waals surface area contributed by atoms with E-state index in [1.54, 1.807) is 0 Å². The van der Waals surface area contributed by atoms with Crippen LogP contribution in [0.5, 0.6) is 0 Å². The predicted octanol–water partition coefficient (Wildman–Crippen LogP) is 4.46. The maximum absolute atomic E-state index is 6.56. The Balaban J connectivity index is 1.58. The van der Waals surface area contributed by atoms with Gasteiger partial charge in [-0.05, 0) is 80.5 Å². The molecule has 3 fully saturated rings. The Bertz CT molecular complexity index is 369. The van der Waals surface area contributed by atoms with Crippen LogP contribution in [0.1, 0.15) is 84.5 Å². The van der Waals surface area contributed by atoms with Crippen LogP contribution in [0.3, 0.4) is 0 Å². The van der Waals surface area contributed by atoms with Gasteiger partial charge in [-0.2, -0.15) is 0 Å². The van der Waals surface area contributed by atoms with Crippen LogP contribution in [-0.4, -0.2) is 12.1 Å². The summed E-state index contributed by atoms with van der Waals surface area (Å²) in [6.07, 6.45) is 15.1. The number of hydrogen-bond acceptors (Lipinski definition) is 2. The summed E-state index contributed by atoms with van der Waals surface area (Å²) >= 11 is 0. The van der Waals surface area contributed by atoms with Gasteiger partial charge < -0.3 is 11.5 Å². The Labute approximate surface area is 137 Å². The van der Waals surface area contributed by atoms with Crippen molar-refractivity contribution in [2.24, 2.45) is 40.6 Å². The minimum Gasteiger partial charge on any atom is -0.326 e. The molecule has 3 aliphatic carbocycles. The van der Waals surface area contributed by atoms with Gasteiger partial charge in [-0.25, -0.2) is 0 Å². The smallest absolute Gasteiger partial charge is 0.0221 e. The van der Waals surface area contributed by atoms with Crippen molar-refractivity contribution in [3.05, 3.63) is 0 Å². The van der Waals surface area contributed by atoms with Crippen LogP contribution in [0.2, 0.25) is 0 Å². The molecule has 0 spiro atoms. The molecule has 0 amide bonds. The first-order valence-electron chi connectivity index (χ1n) is 10.1. The first-order valence-corrected chi connectivity index (χ1v) is 10.1. The van der Waals surface area contributed by atoms with Gasteiger partial charge in [0, 0.05) is 12.1 Å². The van der Waals surface area contributed by atoms with Gasteiger partial charge in [-0.1, -0.05) is 33.1 Å². The molecule has 0 saturated heterocycles. The molecule has 0 heterocycles. The fourth-order valence-corrected chi connectivity index (χ4v) is 6.33. The van der Waals surface area contributed by atoms with Crippen LogP contribution in [-0.2, 0) is 0 Å². The van der Waals surface area contributed by atoms with E-state index in [1.165, 1.54) is 64.2 Å². The SMILES string of the molecule is CCCCC(N)C(N)[C@@H]1CC[C@@H]2[C@H](CC[C@]3(C)CCC[C@@H]23)C1. The van der Waals surface area contributed by atoms with Crippen molar-refractivity contribution >= 4 is 0 Å². The zero-order valence-corrected chi connectivity index (χ0v) is 14.9. The van der Waals surface area contributed by atoms with E-state index in [9.17, 15) is 0 Å². The van der Waals surface area contributed by atoms with Crippen molar-refractivity contribution < 1.29 is 0 Å². The average molecular weight is 307 g/mol. The van der Waals surface area contributed by atoms with Crippen LogP contribution in [0.4, 0.5) is 0 Å². The van der Waals surface area contributed by atoms with Gasteiger partial charge in [0.1, 0.15) is 0 Å². The summed E-state index contributed by atoms with van der Waals surface area (Å²) in [4.78, 5) is 0. The van der Waals surface area contributed by atoms with E-state index in [2.05, 4.69) is 13.8 Å². The van der Waals surface area contributed by atoms with E-state index in [0.717, 1.165) is 24.2 Å². The fraction of sp³-hybridized carbons (Fsp3) is 1.00. The van der Waals surface area contributed by atoms with Crippen molar-refractivity contribution in [2.45, 2.75) is 96.6 Å². The molecule has 0 aromatic rings. The third-order valence-corrected chi connectivity index (χ3v) is 7.77. The molecule has 0 bridgehead atoms. The maximum atomic E-state index is 6.56. The summed E-state index contributed by atoms with van der Waals surface area (Å²) < 4.78 is 0. The van der Waals surface area contributed by atoms with Gasteiger partial charge >= 0.3 is 0 Å². The second-order valence-electron chi connectivity index (χ2n) is 9.07. The van der Waals surface area contributed by atoms with E-state index >= 15 is 0 Å². The lowest BCUT2D eigenvalue weighted by Gasteiger charge is -2.51. The van der Waals surface area contributed by atoms with Crippen molar-refractivity contribution in [3.8, 4) is 0 Å². The van der Waals surface area contributed by atoms with Gasteiger partial charge in [-0.3, -0.25) is 0 Å². The van der Waals surface area contributed by atoms with Crippen LogP contribution < -0.4 is 11.5 Å². The summed E-state index contributed by atoms with van der Waals surface area (Å²) in [6.45, 7) is 4.82. The summed E-state index contributed by atoms with van der Waals surface area (Å²) in [5.41, 5.74) is 13.6. The molecule has 2 unspecified atom stereocenters. The van der Waals surface area contributed by atoms with E-state index < -0.39 is 0 Å². The van der Waals surface area contributed by atoms with Crippen LogP contribution >= 0.6 is 0 Å². The Hall–Kier alpha value is -0.0800. The molecular weight excluding hydrogens is 268 g/mol. The third kappa shape index (κ3) is 3.11. The minimum absolute atomic E-state index is 0.224. The Morgan fingerprint density at radius 1 is 1.09 bits per heavy atom. The highest BCUT2D eigenvalue weighted by Crippen LogP contribution is 2.59. The standard InChI is InChI=1S/C20H38N2/c1-3-4-7-18(21)19(22)15-8-9-16-14(13-15)10-12-20(2)11-5-6-17(16)20/h14-19H,3-13,21-22H2,1-2H3/t14-,15-,16-,17+,18?,19?,20+/m1/s1. The van der Waals surface area contributed by atoms with E-state index in [4.69, 9.17) is 11.5 Å². The molecule has 0 radical (unpaired) electrons. The lowest BCUT2D eigenvalue weighted by atomic mass is 9.55. The third-order valence-electron chi connectivity index (χ3n) is 7.77. The number of hydrogen-bond donors (Lipinski definition) is 2. The molecule has 0 aromatic carbocycles. The molecule has 3 saturated carbocycles. The molecule has 7 atom stereocenters. The molecular formula is C20H38N2. The summed E-state index contributed by atoms with van der Waals surface area (Å²) in [5, 5.41) is 0. The van der Waals surface area contributed by atoms with Crippen molar-refractivity contribution in [1.29, 1.82) is 0 Å². The van der Waals surface area contributed by atoms with E-state index in [1.807, 2.05) is 0 Å². The maximum Gasteiger partial charge on any atom is 0.0221 e. The second kappa shape index (κ2) is 6.81. The van der Waals surface area contributed by atoms with Crippen LogP contribution in [0.25, 0.3) is 0 Å². The first kappa shape index (κ1) is 16.8. The first-order chi connectivity index (χ1) is 10.5. The Kier molecular flexibility index (Phi) is 5.19. The van der Waals surface area contributed by atoms with Crippen molar-refractivity contribution in [3.63, 3.8) is 0 Å². The topological polar surface area (TPSA) is 52.0 Å². The van der Waals surface area contributed by atoms with Gasteiger partial charge in [0.25, 0.3) is 0 Å². The number of rotatable bonds is 5. The van der Waals surface area contributed by atoms with Crippen molar-refractivity contribution in [1.82, 2.24) is 0 Å². The lowest BCUT2D eigenvalue weighted by Crippen LogP contribution is -2.50. The zero-order valence-electron chi connectivity index (χ0n) is 14.9. The second-order valence-corrected chi connectivity index (χ2v) is 9.07. The molecule has 0 aromatic heterocycles. The lowest BCUT2D eigenvalue weighted by molar-refractivity contribution is -0.00466. The number of fused-ring (bicyclic) bond motifs is 3. The zero-order chi connectivity index (χ0) is 15.7. The summed E-state index contributed by atoms with van der Waals surface area (Å²) in [5.74, 6) is 3.69. The molecule has 3 aliphatic rings. The Morgan fingerprint density at radius 2 is 1.91 bits per heavy atom. The average Bonchev–Trinajstić information content (AvgIpc) is 2.93. The molecule has 128 valence electrons. The molecule has 2 heteroatoms. The molecule has 0 aliphatic heterocycles. The van der Waals surface area contributed by atoms with Crippen LogP contribution in [0.15, 0.2) is 0 Å². The van der Waals surface area contributed by atoms with E-state index in [0.29, 0.717) is 11.3 Å². The van der Waals surface area contributed by atoms with Gasteiger partial charge in [0.15, 0.2) is 0 Å². The van der Waals surface area contributed by atoms with Gasteiger partial charge in [-0.15, -0.1) is 0 Å². The largest absolute Gasteiger partial charge is 0.326 e. The highest BCUT2D eigenvalue weighted by atomic mass is 14.8. The minimum atomic E-state index is 0.224. The summed E-state index contributed by atoms with van der Waals surface area (Å²) in [7, 11) is 0. The fourth-order valence-electron chi connectivity index (χ4n) is 6.33. The van der Waals surface area contributed by atoms with Crippen molar-refractivity contribution in [2.75, 3.05) is 0 Å². The monoisotopic (exact) mass is 306 g/mol.